The lowest BCUT2D eigenvalue weighted by Crippen LogP contribution is -2.48. The lowest BCUT2D eigenvalue weighted by Gasteiger charge is -2.33. The molecule has 0 radical (unpaired) electrons. The maximum atomic E-state index is 12.8. The number of carbonyl (C=O) groups is 1. The standard InChI is InChI=1S/C22H26ClN3O3S/c1-30(28,29)20-6-7-21-17(14-20)8-13-26(21)22(27)24-19-9-11-25(12-10-19)15-16-2-4-18(23)5-3-16/h2-7,14,19H,8-13,15H2,1H3,(H,24,27). The van der Waals surface area contributed by atoms with Crippen LogP contribution in [0.5, 0.6) is 0 Å². The highest BCUT2D eigenvalue weighted by atomic mass is 35.5. The van der Waals surface area contributed by atoms with E-state index in [9.17, 15) is 13.2 Å². The highest BCUT2D eigenvalue weighted by molar-refractivity contribution is 7.90. The number of sulfone groups is 1. The Kier molecular flexibility index (Phi) is 6.04. The topological polar surface area (TPSA) is 69.7 Å². The Balaban J connectivity index is 1.31. The summed E-state index contributed by atoms with van der Waals surface area (Å²) in [5.74, 6) is 0. The molecule has 1 fully saturated rings. The second-order valence-corrected chi connectivity index (χ2v) is 10.5. The molecule has 0 bridgehead atoms. The van der Waals surface area contributed by atoms with Crippen molar-refractivity contribution in [3.63, 3.8) is 0 Å². The number of hydrogen-bond donors (Lipinski definition) is 1. The van der Waals surface area contributed by atoms with Crippen LogP contribution in [0.2, 0.25) is 5.02 Å². The number of urea groups is 1. The molecule has 2 heterocycles. The third-order valence-electron chi connectivity index (χ3n) is 5.85. The molecule has 0 unspecified atom stereocenters. The van der Waals surface area contributed by atoms with E-state index < -0.39 is 9.84 Å². The number of benzene rings is 2. The van der Waals surface area contributed by atoms with Gasteiger partial charge in [-0.2, -0.15) is 0 Å². The molecule has 0 spiro atoms. The Labute approximate surface area is 182 Å². The van der Waals surface area contributed by atoms with Crippen LogP contribution in [0.15, 0.2) is 47.4 Å². The number of nitrogens with zero attached hydrogens (tertiary/aromatic N) is 2. The van der Waals surface area contributed by atoms with E-state index >= 15 is 0 Å². The molecular weight excluding hydrogens is 422 g/mol. The predicted molar refractivity (Wildman–Crippen MR) is 119 cm³/mol. The molecule has 1 saturated heterocycles. The van der Waals surface area contributed by atoms with Gasteiger partial charge in [0, 0.05) is 49.2 Å². The average Bonchev–Trinajstić information content (AvgIpc) is 3.14. The van der Waals surface area contributed by atoms with E-state index in [1.807, 2.05) is 12.1 Å². The Hall–Kier alpha value is -2.09. The van der Waals surface area contributed by atoms with Crippen molar-refractivity contribution in [3.05, 3.63) is 58.6 Å². The lowest BCUT2D eigenvalue weighted by atomic mass is 10.0. The number of rotatable bonds is 4. The number of nitrogens with one attached hydrogen (secondary N) is 1. The molecule has 2 aromatic carbocycles. The van der Waals surface area contributed by atoms with Crippen LogP contribution >= 0.6 is 11.6 Å². The van der Waals surface area contributed by atoms with E-state index in [4.69, 9.17) is 11.6 Å². The number of anilines is 1. The number of halogens is 1. The summed E-state index contributed by atoms with van der Waals surface area (Å²) in [6, 6.07) is 13.0. The van der Waals surface area contributed by atoms with Crippen LogP contribution in [-0.4, -0.2) is 51.3 Å². The van der Waals surface area contributed by atoms with Gasteiger partial charge in [0.05, 0.1) is 4.90 Å². The lowest BCUT2D eigenvalue weighted by molar-refractivity contribution is 0.188. The van der Waals surface area contributed by atoms with Crippen molar-refractivity contribution in [2.45, 2.75) is 36.7 Å². The zero-order valence-corrected chi connectivity index (χ0v) is 18.5. The zero-order valence-electron chi connectivity index (χ0n) is 17.0. The van der Waals surface area contributed by atoms with Crippen LogP contribution in [0.3, 0.4) is 0 Å². The van der Waals surface area contributed by atoms with Crippen LogP contribution in [-0.2, 0) is 22.8 Å². The monoisotopic (exact) mass is 447 g/mol. The fourth-order valence-corrected chi connectivity index (χ4v) is 4.95. The summed E-state index contributed by atoms with van der Waals surface area (Å²) in [6.45, 7) is 3.33. The minimum Gasteiger partial charge on any atom is -0.335 e. The molecule has 2 aliphatic rings. The third-order valence-corrected chi connectivity index (χ3v) is 7.22. The zero-order chi connectivity index (χ0) is 21.3. The van der Waals surface area contributed by atoms with Gasteiger partial charge in [0.15, 0.2) is 9.84 Å². The first-order valence-corrected chi connectivity index (χ1v) is 12.4. The van der Waals surface area contributed by atoms with E-state index in [2.05, 4.69) is 22.3 Å². The SMILES string of the molecule is CS(=O)(=O)c1ccc2c(c1)CCN2C(=O)NC1CCN(Cc2ccc(Cl)cc2)CC1. The van der Waals surface area contributed by atoms with E-state index in [0.717, 1.165) is 48.7 Å². The van der Waals surface area contributed by atoms with Crippen molar-refractivity contribution >= 4 is 33.2 Å². The van der Waals surface area contributed by atoms with Crippen molar-refractivity contribution in [2.24, 2.45) is 0 Å². The number of hydrogen-bond acceptors (Lipinski definition) is 4. The van der Waals surface area contributed by atoms with Gasteiger partial charge in [-0.05, 0) is 60.7 Å². The Morgan fingerprint density at radius 2 is 1.80 bits per heavy atom. The highest BCUT2D eigenvalue weighted by Gasteiger charge is 2.28. The minimum atomic E-state index is -3.25. The van der Waals surface area contributed by atoms with Crippen molar-refractivity contribution in [2.75, 3.05) is 30.8 Å². The van der Waals surface area contributed by atoms with Gasteiger partial charge in [-0.25, -0.2) is 13.2 Å². The average molecular weight is 448 g/mol. The third kappa shape index (κ3) is 4.79. The van der Waals surface area contributed by atoms with E-state index in [-0.39, 0.29) is 12.1 Å². The van der Waals surface area contributed by atoms with E-state index in [1.54, 1.807) is 23.1 Å². The second-order valence-electron chi connectivity index (χ2n) is 8.09. The molecule has 1 N–H and O–H groups in total. The summed E-state index contributed by atoms with van der Waals surface area (Å²) in [5, 5.41) is 3.91. The van der Waals surface area contributed by atoms with Gasteiger partial charge in [-0.3, -0.25) is 9.80 Å². The van der Waals surface area contributed by atoms with E-state index in [1.165, 1.54) is 11.8 Å². The summed E-state index contributed by atoms with van der Waals surface area (Å²) in [5.41, 5.74) is 2.95. The van der Waals surface area contributed by atoms with Crippen molar-refractivity contribution in [3.8, 4) is 0 Å². The molecule has 6 nitrogen and oxygen atoms in total. The molecule has 4 rings (SSSR count). The maximum absolute atomic E-state index is 12.8. The Morgan fingerprint density at radius 1 is 1.10 bits per heavy atom. The first-order valence-electron chi connectivity index (χ1n) is 10.2. The molecule has 30 heavy (non-hydrogen) atoms. The molecule has 2 amide bonds. The molecule has 0 atom stereocenters. The summed E-state index contributed by atoms with van der Waals surface area (Å²) in [6.07, 6.45) is 3.69. The van der Waals surface area contributed by atoms with Gasteiger partial charge >= 0.3 is 6.03 Å². The van der Waals surface area contributed by atoms with Gasteiger partial charge in [-0.1, -0.05) is 23.7 Å². The number of piperidine rings is 1. The molecule has 0 aromatic heterocycles. The molecular formula is C22H26ClN3O3S. The number of likely N-dealkylation sites (tertiary alicyclic amines) is 1. The number of amides is 2. The summed E-state index contributed by atoms with van der Waals surface area (Å²) in [4.78, 5) is 17.3. The van der Waals surface area contributed by atoms with Crippen LogP contribution in [0, 0.1) is 0 Å². The quantitative estimate of drug-likeness (QED) is 0.779. The molecule has 8 heteroatoms. The van der Waals surface area contributed by atoms with Gasteiger partial charge in [0.25, 0.3) is 0 Å². The van der Waals surface area contributed by atoms with Crippen LogP contribution in [0.25, 0.3) is 0 Å². The van der Waals surface area contributed by atoms with Crippen LogP contribution < -0.4 is 10.2 Å². The van der Waals surface area contributed by atoms with Crippen molar-refractivity contribution < 1.29 is 13.2 Å². The van der Waals surface area contributed by atoms with Crippen LogP contribution in [0.1, 0.15) is 24.0 Å². The Morgan fingerprint density at radius 3 is 2.47 bits per heavy atom. The van der Waals surface area contributed by atoms with Crippen LogP contribution in [0.4, 0.5) is 10.5 Å². The summed E-state index contributed by atoms with van der Waals surface area (Å²) < 4.78 is 23.5. The fourth-order valence-electron chi connectivity index (χ4n) is 4.16. The van der Waals surface area contributed by atoms with Gasteiger partial charge in [0.1, 0.15) is 0 Å². The van der Waals surface area contributed by atoms with Crippen molar-refractivity contribution in [1.82, 2.24) is 10.2 Å². The molecule has 2 aromatic rings. The van der Waals surface area contributed by atoms with Gasteiger partial charge < -0.3 is 5.32 Å². The minimum absolute atomic E-state index is 0.1000. The number of fused-ring (bicyclic) bond motifs is 1. The second kappa shape index (κ2) is 8.57. The van der Waals surface area contributed by atoms with Gasteiger partial charge in [-0.15, -0.1) is 0 Å². The fraction of sp³-hybridized carbons (Fsp3) is 0.409. The molecule has 0 saturated carbocycles. The normalized spacial score (nSPS) is 17.7. The molecule has 160 valence electrons. The first-order chi connectivity index (χ1) is 14.3. The maximum Gasteiger partial charge on any atom is 0.322 e. The first kappa shape index (κ1) is 21.2. The largest absolute Gasteiger partial charge is 0.335 e. The van der Waals surface area contributed by atoms with Crippen molar-refractivity contribution in [1.29, 1.82) is 0 Å². The Bertz CT molecular complexity index is 1030. The molecule has 2 aliphatic heterocycles. The predicted octanol–water partition coefficient (Wildman–Crippen LogP) is 3.48. The smallest absolute Gasteiger partial charge is 0.322 e. The summed E-state index contributed by atoms with van der Waals surface area (Å²) >= 11 is 5.95. The van der Waals surface area contributed by atoms with Gasteiger partial charge in [0.2, 0.25) is 0 Å². The van der Waals surface area contributed by atoms with E-state index in [0.29, 0.717) is 17.9 Å². The summed E-state index contributed by atoms with van der Waals surface area (Å²) in [7, 11) is -3.25. The molecule has 0 aliphatic carbocycles. The number of carbonyl (C=O) groups excluding carboxylic acids is 1. The highest BCUT2D eigenvalue weighted by Crippen LogP contribution is 2.30.